The minimum absolute atomic E-state index is 0. The molecule has 0 unspecified atom stereocenters. The first-order chi connectivity index (χ1) is 18.5. The van der Waals surface area contributed by atoms with Gasteiger partial charge >= 0.3 is 18.3 Å². The van der Waals surface area contributed by atoms with Crippen LogP contribution in [0, 0.1) is 0 Å². The van der Waals surface area contributed by atoms with Crippen LogP contribution in [0.25, 0.3) is 0 Å². The maximum absolute atomic E-state index is 12.0. The average Bonchev–Trinajstić information content (AvgIpc) is 2.84. The minimum atomic E-state index is -0.870. The van der Waals surface area contributed by atoms with E-state index in [1.165, 1.54) is 9.80 Å². The number of hydrogen-bond acceptors (Lipinski definition) is 9. The lowest BCUT2D eigenvalue weighted by Crippen LogP contribution is -2.56. The molecule has 0 radical (unpaired) electrons. The van der Waals surface area contributed by atoms with Crippen molar-refractivity contribution in [3.63, 3.8) is 0 Å². The minimum Gasteiger partial charge on any atom is -0.445 e. The molecule has 1 aromatic rings. The summed E-state index contributed by atoms with van der Waals surface area (Å²) in [5, 5.41) is 22.4. The fraction of sp³-hybridized carbons (Fsp3) is 0.700. The molecule has 12 nitrogen and oxygen atoms in total. The van der Waals surface area contributed by atoms with Crippen LogP contribution in [-0.2, 0) is 20.8 Å². The highest BCUT2D eigenvalue weighted by Crippen LogP contribution is 2.17. The molecule has 2 aliphatic heterocycles. The second-order valence-corrected chi connectivity index (χ2v) is 12.0. The van der Waals surface area contributed by atoms with E-state index >= 15 is 0 Å². The van der Waals surface area contributed by atoms with Gasteiger partial charge in [0.2, 0.25) is 0 Å². The molecule has 0 bridgehead atoms. The summed E-state index contributed by atoms with van der Waals surface area (Å²) < 4.78 is 15.6. The van der Waals surface area contributed by atoms with E-state index < -0.39 is 41.6 Å². The molecule has 0 aliphatic carbocycles. The molecule has 242 valence electrons. The van der Waals surface area contributed by atoms with Crippen molar-refractivity contribution in [1.82, 2.24) is 15.1 Å². The van der Waals surface area contributed by atoms with E-state index in [1.54, 1.807) is 20.8 Å². The van der Waals surface area contributed by atoms with Crippen molar-refractivity contribution >= 4 is 18.3 Å². The summed E-state index contributed by atoms with van der Waals surface area (Å²) >= 11 is 0. The SMILES string of the molecule is C.C.CC(C)(C)OC(=O)N1CC[C@@H](N)[C@H](O)C1.CC(C)(C)OC(=O)N1CC[C@@H](NC(=O)OCc2ccccc2)[C@H](O)C1. The normalized spacial score (nSPS) is 22.2. The summed E-state index contributed by atoms with van der Waals surface area (Å²) in [7, 11) is 0. The van der Waals surface area contributed by atoms with Gasteiger partial charge in [0.15, 0.2) is 0 Å². The standard InChI is InChI=1S/C18H26N2O5.C10H20N2O3.2CH4/c1-18(2,3)25-17(23)20-10-9-14(15(21)11-20)19-16(22)24-12-13-7-5-4-6-8-13;1-10(2,3)15-9(14)12-5-4-7(11)8(13)6-12;;/h4-8,14-15,21H,9-12H2,1-3H3,(H,19,22);7-8,13H,4-6,11H2,1-3H3;2*1H4/t14-,15-;7-,8-;;/m11../s1. The number of nitrogens with two attached hydrogens (primary N) is 1. The molecule has 4 atom stereocenters. The van der Waals surface area contributed by atoms with Crippen molar-refractivity contribution in [2.24, 2.45) is 5.73 Å². The van der Waals surface area contributed by atoms with Gasteiger partial charge in [-0.1, -0.05) is 45.2 Å². The summed E-state index contributed by atoms with van der Waals surface area (Å²) in [6, 6.07) is 8.66. The van der Waals surface area contributed by atoms with Gasteiger partial charge in [0.25, 0.3) is 0 Å². The fourth-order valence-electron chi connectivity index (χ4n) is 3.95. The molecule has 5 N–H and O–H groups in total. The van der Waals surface area contributed by atoms with E-state index in [-0.39, 0.29) is 46.7 Å². The number of hydrogen-bond donors (Lipinski definition) is 4. The van der Waals surface area contributed by atoms with E-state index in [4.69, 9.17) is 19.9 Å². The van der Waals surface area contributed by atoms with Gasteiger partial charge in [-0.3, -0.25) is 0 Å². The maximum Gasteiger partial charge on any atom is 0.410 e. The second kappa shape index (κ2) is 17.1. The van der Waals surface area contributed by atoms with Crippen LogP contribution in [0.15, 0.2) is 30.3 Å². The van der Waals surface area contributed by atoms with Crippen LogP contribution in [0.1, 0.15) is 74.8 Å². The lowest BCUT2D eigenvalue weighted by molar-refractivity contribution is -0.00482. The Morgan fingerprint density at radius 1 is 0.857 bits per heavy atom. The molecule has 2 saturated heterocycles. The van der Waals surface area contributed by atoms with Gasteiger partial charge in [0.05, 0.1) is 31.3 Å². The molecular formula is C30H54N4O8. The molecule has 3 amide bonds. The van der Waals surface area contributed by atoms with E-state index in [2.05, 4.69) is 5.32 Å². The van der Waals surface area contributed by atoms with Crippen LogP contribution < -0.4 is 11.1 Å². The predicted octanol–water partition coefficient (Wildman–Crippen LogP) is 3.87. The smallest absolute Gasteiger partial charge is 0.410 e. The number of carbonyl (C=O) groups is 3. The molecule has 2 fully saturated rings. The first-order valence-electron chi connectivity index (χ1n) is 13.6. The van der Waals surface area contributed by atoms with E-state index in [0.29, 0.717) is 25.9 Å². The number of ether oxygens (including phenoxy) is 3. The summed E-state index contributed by atoms with van der Waals surface area (Å²) in [4.78, 5) is 38.5. The Morgan fingerprint density at radius 2 is 1.33 bits per heavy atom. The van der Waals surface area contributed by atoms with Crippen molar-refractivity contribution in [2.45, 2.75) is 111 Å². The predicted molar refractivity (Wildman–Crippen MR) is 162 cm³/mol. The molecule has 12 heteroatoms. The molecule has 0 saturated carbocycles. The highest BCUT2D eigenvalue weighted by molar-refractivity contribution is 5.69. The number of carbonyl (C=O) groups excluding carboxylic acids is 3. The molecule has 2 aliphatic rings. The molecular weight excluding hydrogens is 544 g/mol. The monoisotopic (exact) mass is 598 g/mol. The Labute approximate surface area is 251 Å². The number of aliphatic hydroxyl groups excluding tert-OH is 2. The molecule has 1 aromatic carbocycles. The number of piperidine rings is 2. The molecule has 42 heavy (non-hydrogen) atoms. The highest BCUT2D eigenvalue weighted by Gasteiger charge is 2.34. The zero-order valence-electron chi connectivity index (χ0n) is 24.5. The third-order valence-electron chi connectivity index (χ3n) is 6.04. The van der Waals surface area contributed by atoms with Crippen molar-refractivity contribution in [3.05, 3.63) is 35.9 Å². The van der Waals surface area contributed by atoms with Gasteiger partial charge in [0, 0.05) is 19.1 Å². The largest absolute Gasteiger partial charge is 0.445 e. The average molecular weight is 599 g/mol. The number of nitrogens with zero attached hydrogens (tertiary/aromatic N) is 2. The molecule has 3 rings (SSSR count). The number of nitrogens with one attached hydrogen (secondary N) is 1. The van der Waals surface area contributed by atoms with Gasteiger partial charge in [-0.15, -0.1) is 0 Å². The third-order valence-corrected chi connectivity index (χ3v) is 6.04. The highest BCUT2D eigenvalue weighted by atomic mass is 16.6. The van der Waals surface area contributed by atoms with Crippen LogP contribution in [0.5, 0.6) is 0 Å². The van der Waals surface area contributed by atoms with Crippen LogP contribution in [0.2, 0.25) is 0 Å². The number of rotatable bonds is 3. The van der Waals surface area contributed by atoms with Gasteiger partial charge < -0.3 is 45.3 Å². The first kappa shape index (κ1) is 38.9. The Bertz CT molecular complexity index is 964. The zero-order valence-corrected chi connectivity index (χ0v) is 24.5. The fourth-order valence-corrected chi connectivity index (χ4v) is 3.95. The number of alkyl carbamates (subject to hydrolysis) is 1. The Balaban J connectivity index is 0.000000855. The van der Waals surface area contributed by atoms with Crippen molar-refractivity contribution in [1.29, 1.82) is 0 Å². The van der Waals surface area contributed by atoms with E-state index in [1.807, 2.05) is 51.1 Å². The number of amides is 3. The van der Waals surface area contributed by atoms with Gasteiger partial charge in [-0.25, -0.2) is 14.4 Å². The topological polar surface area (TPSA) is 164 Å². The first-order valence-corrected chi connectivity index (χ1v) is 13.6. The van der Waals surface area contributed by atoms with Crippen molar-refractivity contribution < 1.29 is 38.8 Å². The van der Waals surface area contributed by atoms with Crippen LogP contribution in [-0.4, -0.2) is 100.0 Å². The number of aliphatic hydroxyl groups is 2. The van der Waals surface area contributed by atoms with Gasteiger partial charge in [-0.2, -0.15) is 0 Å². The number of β-amino-alcohol motifs (C(OH)–C–C–N with tert-alkyl or cyclic N) is 2. The third kappa shape index (κ3) is 14.2. The molecule has 0 aromatic heterocycles. The number of benzene rings is 1. The van der Waals surface area contributed by atoms with Crippen LogP contribution in [0.3, 0.4) is 0 Å². The number of likely N-dealkylation sites (tertiary alicyclic amines) is 2. The summed E-state index contributed by atoms with van der Waals surface area (Å²) in [5.41, 5.74) is 5.44. The lowest BCUT2D eigenvalue weighted by atomic mass is 10.0. The second-order valence-electron chi connectivity index (χ2n) is 12.0. The Hall–Kier alpha value is -3.09. The van der Waals surface area contributed by atoms with Gasteiger partial charge in [-0.05, 0) is 59.9 Å². The Morgan fingerprint density at radius 3 is 1.79 bits per heavy atom. The van der Waals surface area contributed by atoms with E-state index in [9.17, 15) is 24.6 Å². The maximum atomic E-state index is 12.0. The van der Waals surface area contributed by atoms with Crippen LogP contribution in [0.4, 0.5) is 14.4 Å². The zero-order chi connectivity index (χ0) is 30.1. The quantitative estimate of drug-likeness (QED) is 0.378. The summed E-state index contributed by atoms with van der Waals surface area (Å²) in [6.45, 7) is 12.3. The van der Waals surface area contributed by atoms with Gasteiger partial charge in [0.1, 0.15) is 17.8 Å². The van der Waals surface area contributed by atoms with Crippen LogP contribution >= 0.6 is 0 Å². The lowest BCUT2D eigenvalue weighted by Gasteiger charge is -2.36. The van der Waals surface area contributed by atoms with E-state index in [0.717, 1.165) is 5.56 Å². The van der Waals surface area contributed by atoms with Crippen molar-refractivity contribution in [3.8, 4) is 0 Å². The summed E-state index contributed by atoms with van der Waals surface area (Å²) in [6.07, 6.45) is -1.90. The molecule has 0 spiro atoms. The summed E-state index contributed by atoms with van der Waals surface area (Å²) in [5.74, 6) is 0. The van der Waals surface area contributed by atoms with Crippen molar-refractivity contribution in [2.75, 3.05) is 26.2 Å². The Kier molecular flexibility index (Phi) is 15.9. The molecule has 2 heterocycles.